The van der Waals surface area contributed by atoms with Crippen molar-refractivity contribution in [2.24, 2.45) is 11.8 Å². The third kappa shape index (κ3) is 5.06. The van der Waals surface area contributed by atoms with Gasteiger partial charge in [0.1, 0.15) is 17.1 Å². The van der Waals surface area contributed by atoms with Gasteiger partial charge >= 0.3 is 5.97 Å². The fourth-order valence-electron chi connectivity index (χ4n) is 5.72. The average molecular weight is 481 g/mol. The van der Waals surface area contributed by atoms with Crippen molar-refractivity contribution in [3.05, 3.63) is 58.7 Å². The number of aliphatic carboxylic acids is 1. The molecule has 2 aliphatic rings. The van der Waals surface area contributed by atoms with E-state index in [4.69, 9.17) is 14.2 Å². The van der Waals surface area contributed by atoms with Crippen LogP contribution < -0.4 is 9.47 Å². The smallest absolute Gasteiger partial charge is 0.309 e. The highest BCUT2D eigenvalue weighted by atomic mass is 16.5. The summed E-state index contributed by atoms with van der Waals surface area (Å²) < 4.78 is 19.2. The third-order valence-corrected chi connectivity index (χ3v) is 7.57. The number of carboxylic acid groups (broad SMARTS) is 1. The number of ether oxygens (including phenoxy) is 3. The molecular formula is C30H40O5. The van der Waals surface area contributed by atoms with Crippen molar-refractivity contribution in [1.82, 2.24) is 0 Å². The summed E-state index contributed by atoms with van der Waals surface area (Å²) >= 11 is 0. The van der Waals surface area contributed by atoms with Crippen molar-refractivity contribution >= 4 is 5.97 Å². The summed E-state index contributed by atoms with van der Waals surface area (Å²) in [5, 5.41) is 10.1. The molecule has 5 heteroatoms. The summed E-state index contributed by atoms with van der Waals surface area (Å²) in [6.07, 6.45) is 1.28. The van der Waals surface area contributed by atoms with Gasteiger partial charge in [0.25, 0.3) is 0 Å². The van der Waals surface area contributed by atoms with Crippen molar-refractivity contribution < 1.29 is 24.1 Å². The first kappa shape index (κ1) is 25.6. The van der Waals surface area contributed by atoms with Crippen LogP contribution in [0.5, 0.6) is 11.5 Å². The molecule has 0 saturated carbocycles. The maximum absolute atomic E-state index is 12.4. The van der Waals surface area contributed by atoms with Crippen LogP contribution >= 0.6 is 0 Å². The Morgan fingerprint density at radius 2 is 1.91 bits per heavy atom. The molecule has 1 fully saturated rings. The zero-order valence-corrected chi connectivity index (χ0v) is 22.2. The maximum atomic E-state index is 12.4. The number of carbonyl (C=O) groups is 1. The summed E-state index contributed by atoms with van der Waals surface area (Å²) in [6, 6.07) is 12.4. The first-order valence-corrected chi connectivity index (χ1v) is 12.9. The van der Waals surface area contributed by atoms with Crippen LogP contribution in [0, 0.1) is 18.8 Å². The molecule has 2 aromatic carbocycles. The lowest BCUT2D eigenvalue weighted by atomic mass is 9.70. The average Bonchev–Trinajstić information content (AvgIpc) is 2.77. The largest absolute Gasteiger partial charge is 0.494 e. The Kier molecular flexibility index (Phi) is 6.93. The van der Waals surface area contributed by atoms with Crippen LogP contribution in [-0.4, -0.2) is 29.4 Å². The zero-order chi connectivity index (χ0) is 25.5. The van der Waals surface area contributed by atoms with E-state index >= 15 is 0 Å². The van der Waals surface area contributed by atoms with Crippen LogP contribution in [0.25, 0.3) is 0 Å². The van der Waals surface area contributed by atoms with Gasteiger partial charge in [-0.05, 0) is 70.1 Å². The molecule has 1 saturated heterocycles. The molecule has 0 aliphatic carbocycles. The topological polar surface area (TPSA) is 65.0 Å². The van der Waals surface area contributed by atoms with E-state index in [0.29, 0.717) is 25.9 Å². The van der Waals surface area contributed by atoms with E-state index in [1.165, 1.54) is 11.1 Å². The normalized spacial score (nSPS) is 25.2. The molecule has 0 bridgehead atoms. The van der Waals surface area contributed by atoms with Crippen molar-refractivity contribution in [2.75, 3.05) is 6.61 Å². The second-order valence-electron chi connectivity index (χ2n) is 11.6. The van der Waals surface area contributed by atoms with Gasteiger partial charge in [0, 0.05) is 17.0 Å². The third-order valence-electron chi connectivity index (χ3n) is 7.57. The predicted octanol–water partition coefficient (Wildman–Crippen LogP) is 6.64. The predicted molar refractivity (Wildman–Crippen MR) is 137 cm³/mol. The van der Waals surface area contributed by atoms with Gasteiger partial charge < -0.3 is 19.3 Å². The maximum Gasteiger partial charge on any atom is 0.309 e. The van der Waals surface area contributed by atoms with Crippen molar-refractivity contribution in [3.8, 4) is 11.5 Å². The molecule has 0 aromatic heterocycles. The lowest BCUT2D eigenvalue weighted by molar-refractivity contribution is -0.188. The second kappa shape index (κ2) is 9.50. The summed E-state index contributed by atoms with van der Waals surface area (Å²) in [5.74, 6) is 0.347. The molecule has 1 N–H and O–H groups in total. The molecule has 0 amide bonds. The van der Waals surface area contributed by atoms with Crippen LogP contribution in [0.3, 0.4) is 0 Å². The van der Waals surface area contributed by atoms with Gasteiger partial charge in [-0.3, -0.25) is 4.79 Å². The number of hydrogen-bond donors (Lipinski definition) is 1. The molecule has 2 aliphatic heterocycles. The Labute approximate surface area is 209 Å². The van der Waals surface area contributed by atoms with Gasteiger partial charge in [-0.25, -0.2) is 0 Å². The highest BCUT2D eigenvalue weighted by Gasteiger charge is 2.52. The number of para-hydroxylation sites is 1. The van der Waals surface area contributed by atoms with Gasteiger partial charge in [-0.2, -0.15) is 0 Å². The number of carboxylic acids is 1. The monoisotopic (exact) mass is 480 g/mol. The number of fused-ring (bicyclic) bond motifs is 3. The molecule has 4 atom stereocenters. The molecule has 2 aromatic rings. The van der Waals surface area contributed by atoms with Gasteiger partial charge in [-0.15, -0.1) is 0 Å². The van der Waals surface area contributed by atoms with Crippen molar-refractivity contribution in [1.29, 1.82) is 0 Å². The number of benzene rings is 2. The van der Waals surface area contributed by atoms with Gasteiger partial charge in [-0.1, -0.05) is 50.6 Å². The number of hydrogen-bond acceptors (Lipinski definition) is 4. The molecule has 2 heterocycles. The van der Waals surface area contributed by atoms with E-state index in [-0.39, 0.29) is 23.5 Å². The lowest BCUT2D eigenvalue weighted by Crippen LogP contribution is -2.52. The minimum absolute atomic E-state index is 0.0438. The SMILES string of the molecule is CCOc1ccccc1CC[C@@H]1O[C@@H]2c3cc(C)cc(C(C)(C)C)c3OC(C)(C)[C@H]2C[C@H]1C(=O)O. The van der Waals surface area contributed by atoms with Crippen LogP contribution in [0.4, 0.5) is 0 Å². The standard InChI is InChI=1S/C30H40O5/c1-8-33-24-12-10-9-11-19(24)13-14-25-20(28(31)32)17-23-26(34-25)21-15-18(2)16-22(29(3,4)5)27(21)35-30(23,6)7/h9-12,15-16,20,23,25-26H,8,13-14,17H2,1-7H3,(H,31,32)/t20-,23+,25+,26-/m1/s1. The summed E-state index contributed by atoms with van der Waals surface area (Å²) in [4.78, 5) is 12.4. The Morgan fingerprint density at radius 1 is 1.20 bits per heavy atom. The number of rotatable bonds is 6. The van der Waals surface area contributed by atoms with Crippen LogP contribution in [0.1, 0.15) is 82.7 Å². The van der Waals surface area contributed by atoms with Crippen LogP contribution in [0.2, 0.25) is 0 Å². The Hall–Kier alpha value is -2.53. The summed E-state index contributed by atoms with van der Waals surface area (Å²) in [6.45, 7) is 15.4. The molecular weight excluding hydrogens is 440 g/mol. The molecule has 35 heavy (non-hydrogen) atoms. The van der Waals surface area contributed by atoms with E-state index in [9.17, 15) is 9.90 Å². The van der Waals surface area contributed by atoms with Crippen LogP contribution in [0.15, 0.2) is 36.4 Å². The van der Waals surface area contributed by atoms with Crippen molar-refractivity contribution in [2.45, 2.75) is 91.0 Å². The van der Waals surface area contributed by atoms with Crippen molar-refractivity contribution in [3.63, 3.8) is 0 Å². The molecule has 5 nitrogen and oxygen atoms in total. The van der Waals surface area contributed by atoms with Crippen LogP contribution in [-0.2, 0) is 21.4 Å². The molecule has 0 unspecified atom stereocenters. The zero-order valence-electron chi connectivity index (χ0n) is 22.2. The molecule has 0 spiro atoms. The molecule has 4 rings (SSSR count). The Bertz CT molecular complexity index is 1080. The quantitative estimate of drug-likeness (QED) is 0.502. The summed E-state index contributed by atoms with van der Waals surface area (Å²) in [7, 11) is 0. The van der Waals surface area contributed by atoms with Gasteiger partial charge in [0.2, 0.25) is 0 Å². The fourth-order valence-corrected chi connectivity index (χ4v) is 5.72. The fraction of sp³-hybridized carbons (Fsp3) is 0.567. The summed E-state index contributed by atoms with van der Waals surface area (Å²) in [5.41, 5.74) is 3.87. The highest BCUT2D eigenvalue weighted by molar-refractivity contribution is 5.71. The van der Waals surface area contributed by atoms with E-state index in [1.54, 1.807) is 0 Å². The van der Waals surface area contributed by atoms with E-state index in [1.807, 2.05) is 25.1 Å². The van der Waals surface area contributed by atoms with E-state index < -0.39 is 17.5 Å². The number of aryl methyl sites for hydroxylation is 2. The minimum Gasteiger partial charge on any atom is -0.494 e. The minimum atomic E-state index is -0.798. The van der Waals surface area contributed by atoms with Gasteiger partial charge in [0.05, 0.1) is 24.7 Å². The lowest BCUT2D eigenvalue weighted by Gasteiger charge is -2.51. The molecule has 0 radical (unpaired) electrons. The Morgan fingerprint density at radius 3 is 2.57 bits per heavy atom. The highest BCUT2D eigenvalue weighted by Crippen LogP contribution is 2.54. The van der Waals surface area contributed by atoms with E-state index in [0.717, 1.165) is 22.6 Å². The Balaban J connectivity index is 1.69. The van der Waals surface area contributed by atoms with E-state index in [2.05, 4.69) is 59.7 Å². The first-order chi connectivity index (χ1) is 16.4. The molecule has 190 valence electrons. The van der Waals surface area contributed by atoms with Gasteiger partial charge in [0.15, 0.2) is 0 Å². The second-order valence-corrected chi connectivity index (χ2v) is 11.6. The first-order valence-electron chi connectivity index (χ1n) is 12.9.